The summed E-state index contributed by atoms with van der Waals surface area (Å²) in [4.78, 5) is 4.08. The summed E-state index contributed by atoms with van der Waals surface area (Å²) in [6.07, 6.45) is 0. The van der Waals surface area contributed by atoms with Gasteiger partial charge in [0.1, 0.15) is 5.82 Å². The molecule has 1 aromatic heterocycles. The first-order valence-corrected chi connectivity index (χ1v) is 7.38. The zero-order chi connectivity index (χ0) is 17.0. The first-order chi connectivity index (χ1) is 10.9. The molecule has 0 saturated carbocycles. The van der Waals surface area contributed by atoms with E-state index in [9.17, 15) is 18.3 Å². The van der Waals surface area contributed by atoms with E-state index >= 15 is 0 Å². The van der Waals surface area contributed by atoms with Crippen LogP contribution < -0.4 is 5.32 Å². The molecule has 0 aliphatic rings. The van der Waals surface area contributed by atoms with E-state index in [1.54, 1.807) is 0 Å². The lowest BCUT2D eigenvalue weighted by Crippen LogP contribution is -2.37. The van der Waals surface area contributed by atoms with Crippen LogP contribution in [0.5, 0.6) is 0 Å². The molecule has 0 saturated heterocycles. The Kier molecular flexibility index (Phi) is 5.74. The predicted molar refractivity (Wildman–Crippen MR) is 82.1 cm³/mol. The molecule has 124 valence electrons. The molecule has 0 aliphatic carbocycles. The number of aliphatic hydroxyl groups excluding tert-OH is 1. The van der Waals surface area contributed by atoms with Crippen LogP contribution in [0.4, 0.5) is 13.2 Å². The summed E-state index contributed by atoms with van der Waals surface area (Å²) >= 11 is 0. The number of rotatable bonds is 6. The van der Waals surface area contributed by atoms with E-state index in [-0.39, 0.29) is 42.1 Å². The zero-order valence-corrected chi connectivity index (χ0v) is 13.0. The van der Waals surface area contributed by atoms with Crippen molar-refractivity contribution in [3.05, 3.63) is 53.5 Å². The number of hydrogen-bond donors (Lipinski definition) is 2. The molecule has 1 aromatic carbocycles. The van der Waals surface area contributed by atoms with Crippen molar-refractivity contribution in [2.24, 2.45) is 5.92 Å². The van der Waals surface area contributed by atoms with Crippen LogP contribution in [0.1, 0.15) is 19.5 Å². The third-order valence-corrected chi connectivity index (χ3v) is 3.68. The normalized spacial score (nSPS) is 12.7. The van der Waals surface area contributed by atoms with Gasteiger partial charge in [-0.25, -0.2) is 18.2 Å². The fourth-order valence-corrected chi connectivity index (χ4v) is 2.20. The first kappa shape index (κ1) is 17.4. The highest BCUT2D eigenvalue weighted by Crippen LogP contribution is 2.23. The largest absolute Gasteiger partial charge is 0.395 e. The molecule has 23 heavy (non-hydrogen) atoms. The number of hydrogen-bond acceptors (Lipinski definition) is 3. The van der Waals surface area contributed by atoms with Gasteiger partial charge in [-0.2, -0.15) is 0 Å². The molecule has 0 fully saturated rings. The second kappa shape index (κ2) is 7.57. The number of aromatic nitrogens is 1. The van der Waals surface area contributed by atoms with Crippen molar-refractivity contribution in [3.63, 3.8) is 0 Å². The van der Waals surface area contributed by atoms with E-state index in [2.05, 4.69) is 10.3 Å². The number of pyridine rings is 1. The molecule has 1 heterocycles. The summed E-state index contributed by atoms with van der Waals surface area (Å²) in [6, 6.07) is 6.05. The standard InChI is InChI=1S/C17H19F3N2O/c1-10(2)16(9-23)21-8-15-12(18)6-7-14(22-15)11-4-3-5-13(19)17(11)20/h3-7,10,16,21,23H,8-9H2,1-2H3/t16-/m0/s1. The number of halogens is 3. The van der Waals surface area contributed by atoms with E-state index in [1.807, 2.05) is 13.8 Å². The smallest absolute Gasteiger partial charge is 0.168 e. The Morgan fingerprint density at radius 2 is 1.83 bits per heavy atom. The Balaban J connectivity index is 2.27. The van der Waals surface area contributed by atoms with Crippen LogP contribution >= 0.6 is 0 Å². The molecule has 3 nitrogen and oxygen atoms in total. The van der Waals surface area contributed by atoms with Crippen molar-refractivity contribution in [1.29, 1.82) is 0 Å². The van der Waals surface area contributed by atoms with Crippen LogP contribution in [-0.2, 0) is 6.54 Å². The molecule has 2 rings (SSSR count). The Bertz CT molecular complexity index is 677. The fourth-order valence-electron chi connectivity index (χ4n) is 2.20. The number of benzene rings is 1. The summed E-state index contributed by atoms with van der Waals surface area (Å²) < 4.78 is 41.0. The quantitative estimate of drug-likeness (QED) is 0.857. The van der Waals surface area contributed by atoms with E-state index in [0.717, 1.165) is 6.07 Å². The molecule has 0 unspecified atom stereocenters. The molecular formula is C17H19F3N2O. The van der Waals surface area contributed by atoms with E-state index in [4.69, 9.17) is 0 Å². The highest BCUT2D eigenvalue weighted by atomic mass is 19.2. The molecule has 0 aliphatic heterocycles. The van der Waals surface area contributed by atoms with Crippen LogP contribution in [0.3, 0.4) is 0 Å². The molecule has 0 bridgehead atoms. The average molecular weight is 324 g/mol. The zero-order valence-electron chi connectivity index (χ0n) is 13.0. The summed E-state index contributed by atoms with van der Waals surface area (Å²) in [5.41, 5.74) is 0.226. The van der Waals surface area contributed by atoms with Crippen LogP contribution in [0, 0.1) is 23.4 Å². The number of aliphatic hydroxyl groups is 1. The van der Waals surface area contributed by atoms with Gasteiger partial charge >= 0.3 is 0 Å². The summed E-state index contributed by atoms with van der Waals surface area (Å²) in [7, 11) is 0. The fraction of sp³-hybridized carbons (Fsp3) is 0.353. The average Bonchev–Trinajstić information content (AvgIpc) is 2.52. The van der Waals surface area contributed by atoms with E-state index in [0.29, 0.717) is 0 Å². The van der Waals surface area contributed by atoms with Gasteiger partial charge in [-0.3, -0.25) is 0 Å². The van der Waals surface area contributed by atoms with E-state index in [1.165, 1.54) is 24.3 Å². The second-order valence-electron chi connectivity index (χ2n) is 5.64. The van der Waals surface area contributed by atoms with Crippen molar-refractivity contribution in [2.75, 3.05) is 6.61 Å². The highest BCUT2D eigenvalue weighted by Gasteiger charge is 2.16. The summed E-state index contributed by atoms with van der Waals surface area (Å²) in [5, 5.41) is 12.3. The third-order valence-electron chi connectivity index (χ3n) is 3.68. The van der Waals surface area contributed by atoms with Crippen molar-refractivity contribution < 1.29 is 18.3 Å². The molecule has 1 atom stereocenters. The lowest BCUT2D eigenvalue weighted by molar-refractivity contribution is 0.209. The van der Waals surface area contributed by atoms with Gasteiger partial charge in [-0.15, -0.1) is 0 Å². The molecule has 0 amide bonds. The van der Waals surface area contributed by atoms with Gasteiger partial charge in [-0.05, 0) is 30.2 Å². The van der Waals surface area contributed by atoms with Gasteiger partial charge in [0.15, 0.2) is 11.6 Å². The molecule has 2 N–H and O–H groups in total. The maximum atomic E-state index is 13.9. The highest BCUT2D eigenvalue weighted by molar-refractivity contribution is 5.60. The SMILES string of the molecule is CC(C)[C@H](CO)NCc1nc(-c2cccc(F)c2F)ccc1F. The minimum absolute atomic E-state index is 0.0196. The second-order valence-corrected chi connectivity index (χ2v) is 5.64. The van der Waals surface area contributed by atoms with Crippen LogP contribution in [0.15, 0.2) is 30.3 Å². The Labute approximate surface area is 133 Å². The maximum Gasteiger partial charge on any atom is 0.168 e. The minimum Gasteiger partial charge on any atom is -0.395 e. The topological polar surface area (TPSA) is 45.1 Å². The molecule has 6 heteroatoms. The van der Waals surface area contributed by atoms with Crippen molar-refractivity contribution in [3.8, 4) is 11.3 Å². The monoisotopic (exact) mass is 324 g/mol. The minimum atomic E-state index is -1.01. The van der Waals surface area contributed by atoms with Gasteiger partial charge in [-0.1, -0.05) is 19.9 Å². The molecule has 2 aromatic rings. The van der Waals surface area contributed by atoms with Gasteiger partial charge in [0.25, 0.3) is 0 Å². The number of nitrogens with zero attached hydrogens (tertiary/aromatic N) is 1. The van der Waals surface area contributed by atoms with Crippen molar-refractivity contribution in [1.82, 2.24) is 10.3 Å². The first-order valence-electron chi connectivity index (χ1n) is 7.38. The van der Waals surface area contributed by atoms with Gasteiger partial charge in [0.05, 0.1) is 18.0 Å². The van der Waals surface area contributed by atoms with Crippen LogP contribution in [0.25, 0.3) is 11.3 Å². The van der Waals surface area contributed by atoms with Crippen LogP contribution in [-0.4, -0.2) is 22.7 Å². The van der Waals surface area contributed by atoms with Gasteiger partial charge in [0, 0.05) is 18.2 Å². The Morgan fingerprint density at radius 1 is 1.09 bits per heavy atom. The molecule has 0 radical (unpaired) electrons. The van der Waals surface area contributed by atoms with Crippen molar-refractivity contribution >= 4 is 0 Å². The lowest BCUT2D eigenvalue weighted by Gasteiger charge is -2.20. The summed E-state index contributed by atoms with van der Waals surface area (Å²) in [5.74, 6) is -2.38. The van der Waals surface area contributed by atoms with Crippen LogP contribution in [0.2, 0.25) is 0 Å². The maximum absolute atomic E-state index is 13.9. The van der Waals surface area contributed by atoms with Gasteiger partial charge in [0.2, 0.25) is 0 Å². The predicted octanol–water partition coefficient (Wildman–Crippen LogP) is 3.27. The number of nitrogens with one attached hydrogen (secondary N) is 1. The Hall–Kier alpha value is -1.92. The van der Waals surface area contributed by atoms with Gasteiger partial charge < -0.3 is 10.4 Å². The van der Waals surface area contributed by atoms with E-state index < -0.39 is 17.5 Å². The summed E-state index contributed by atoms with van der Waals surface area (Å²) in [6.45, 7) is 3.85. The van der Waals surface area contributed by atoms with Crippen molar-refractivity contribution in [2.45, 2.75) is 26.4 Å². The third kappa shape index (κ3) is 4.09. The Morgan fingerprint density at radius 3 is 2.48 bits per heavy atom. The molecular weight excluding hydrogens is 305 g/mol. The molecule has 0 spiro atoms. The lowest BCUT2D eigenvalue weighted by atomic mass is 10.1.